The SMILES string of the molecule is Cc1ccc(S(=O)(=O)N2CCN(CC(=O)N3CCCC(N)C3)CC2)cc1.Cl.Cl. The topological polar surface area (TPSA) is 87.0 Å². The number of likely N-dealkylation sites (tertiary alicyclic amines) is 1. The first-order chi connectivity index (χ1) is 12.4. The molecule has 160 valence electrons. The quantitative estimate of drug-likeness (QED) is 0.738. The number of sulfonamides is 1. The Morgan fingerprint density at radius 1 is 1.07 bits per heavy atom. The zero-order chi connectivity index (χ0) is 18.7. The zero-order valence-corrected chi connectivity index (χ0v) is 18.6. The highest BCUT2D eigenvalue weighted by Gasteiger charge is 2.30. The average Bonchev–Trinajstić information content (AvgIpc) is 2.62. The molecule has 1 unspecified atom stereocenters. The highest BCUT2D eigenvalue weighted by molar-refractivity contribution is 7.89. The average molecular weight is 453 g/mol. The van der Waals surface area contributed by atoms with Gasteiger partial charge in [0.2, 0.25) is 15.9 Å². The zero-order valence-electron chi connectivity index (χ0n) is 16.1. The number of nitrogens with two attached hydrogens (primary N) is 1. The summed E-state index contributed by atoms with van der Waals surface area (Å²) in [5, 5.41) is 0. The van der Waals surface area contributed by atoms with Crippen molar-refractivity contribution < 1.29 is 13.2 Å². The van der Waals surface area contributed by atoms with Crippen LogP contribution >= 0.6 is 24.8 Å². The molecule has 2 fully saturated rings. The molecule has 1 atom stereocenters. The molecule has 0 aliphatic carbocycles. The molecule has 2 aliphatic heterocycles. The Morgan fingerprint density at radius 2 is 1.68 bits per heavy atom. The molecule has 0 spiro atoms. The summed E-state index contributed by atoms with van der Waals surface area (Å²) >= 11 is 0. The van der Waals surface area contributed by atoms with Crippen LogP contribution in [0.15, 0.2) is 29.2 Å². The van der Waals surface area contributed by atoms with Gasteiger partial charge in [0.1, 0.15) is 0 Å². The number of amides is 1. The lowest BCUT2D eigenvalue weighted by Gasteiger charge is -2.36. The Labute approximate surface area is 180 Å². The minimum atomic E-state index is -3.46. The summed E-state index contributed by atoms with van der Waals surface area (Å²) in [5.74, 6) is 0.0926. The van der Waals surface area contributed by atoms with Crippen molar-refractivity contribution in [1.29, 1.82) is 0 Å². The molecule has 1 aromatic rings. The molecule has 0 saturated carbocycles. The van der Waals surface area contributed by atoms with Crippen LogP contribution in [-0.4, -0.2) is 80.3 Å². The number of carbonyl (C=O) groups is 1. The van der Waals surface area contributed by atoms with Crippen LogP contribution in [-0.2, 0) is 14.8 Å². The highest BCUT2D eigenvalue weighted by Crippen LogP contribution is 2.18. The number of benzene rings is 1. The van der Waals surface area contributed by atoms with Crippen LogP contribution in [0.2, 0.25) is 0 Å². The molecule has 1 amide bonds. The molecule has 2 aliphatic rings. The van der Waals surface area contributed by atoms with Gasteiger partial charge in [0.15, 0.2) is 0 Å². The minimum absolute atomic E-state index is 0. The van der Waals surface area contributed by atoms with E-state index >= 15 is 0 Å². The lowest BCUT2D eigenvalue weighted by molar-refractivity contribution is -0.133. The summed E-state index contributed by atoms with van der Waals surface area (Å²) in [7, 11) is -3.46. The minimum Gasteiger partial charge on any atom is -0.340 e. The van der Waals surface area contributed by atoms with Crippen molar-refractivity contribution in [3.8, 4) is 0 Å². The van der Waals surface area contributed by atoms with Crippen molar-refractivity contribution in [2.75, 3.05) is 45.8 Å². The van der Waals surface area contributed by atoms with Gasteiger partial charge in [0.25, 0.3) is 0 Å². The number of hydrogen-bond acceptors (Lipinski definition) is 5. The maximum atomic E-state index is 12.7. The standard InChI is InChI=1S/C18H28N4O3S.2ClH/c1-15-4-6-17(7-5-15)26(24,25)22-11-9-20(10-12-22)14-18(23)21-8-2-3-16(19)13-21;;/h4-7,16H,2-3,8-14,19H2,1H3;2*1H. The van der Waals surface area contributed by atoms with Gasteiger partial charge >= 0.3 is 0 Å². The summed E-state index contributed by atoms with van der Waals surface area (Å²) in [6, 6.07) is 7.00. The van der Waals surface area contributed by atoms with Crippen LogP contribution < -0.4 is 5.73 Å². The number of carbonyl (C=O) groups excluding carboxylic acids is 1. The van der Waals surface area contributed by atoms with Crippen LogP contribution in [0.3, 0.4) is 0 Å². The molecule has 28 heavy (non-hydrogen) atoms. The first-order valence-electron chi connectivity index (χ1n) is 9.19. The van der Waals surface area contributed by atoms with Gasteiger partial charge < -0.3 is 10.6 Å². The van der Waals surface area contributed by atoms with E-state index in [2.05, 4.69) is 0 Å². The Hall–Kier alpha value is -0.900. The normalized spacial score (nSPS) is 21.5. The fourth-order valence-electron chi connectivity index (χ4n) is 3.52. The lowest BCUT2D eigenvalue weighted by Crippen LogP contribution is -2.53. The molecule has 10 heteroatoms. The van der Waals surface area contributed by atoms with Gasteiger partial charge in [0, 0.05) is 45.3 Å². The molecule has 2 N–H and O–H groups in total. The van der Waals surface area contributed by atoms with Crippen LogP contribution in [0.1, 0.15) is 18.4 Å². The molecule has 0 aromatic heterocycles. The summed E-state index contributed by atoms with van der Waals surface area (Å²) in [6.07, 6.45) is 1.93. The van der Waals surface area contributed by atoms with Crippen LogP contribution in [0.25, 0.3) is 0 Å². The molecular weight excluding hydrogens is 423 g/mol. The van der Waals surface area contributed by atoms with Gasteiger partial charge in [-0.05, 0) is 31.9 Å². The fraction of sp³-hybridized carbons (Fsp3) is 0.611. The van der Waals surface area contributed by atoms with E-state index in [-0.39, 0.29) is 36.8 Å². The van der Waals surface area contributed by atoms with Crippen molar-refractivity contribution in [2.45, 2.75) is 30.7 Å². The van der Waals surface area contributed by atoms with Crippen molar-refractivity contribution in [2.24, 2.45) is 5.73 Å². The second-order valence-electron chi connectivity index (χ2n) is 7.24. The summed E-state index contributed by atoms with van der Waals surface area (Å²) in [5.41, 5.74) is 6.98. The van der Waals surface area contributed by atoms with Crippen LogP contribution in [0.5, 0.6) is 0 Å². The van der Waals surface area contributed by atoms with E-state index < -0.39 is 10.0 Å². The van der Waals surface area contributed by atoms with Gasteiger partial charge in [-0.3, -0.25) is 9.69 Å². The molecule has 0 radical (unpaired) electrons. The van der Waals surface area contributed by atoms with Gasteiger partial charge in [-0.15, -0.1) is 24.8 Å². The number of piperidine rings is 1. The van der Waals surface area contributed by atoms with E-state index in [0.29, 0.717) is 44.2 Å². The summed E-state index contributed by atoms with van der Waals surface area (Å²) < 4.78 is 27.0. The van der Waals surface area contributed by atoms with Gasteiger partial charge in [0.05, 0.1) is 11.4 Å². The summed E-state index contributed by atoms with van der Waals surface area (Å²) in [4.78, 5) is 16.6. The van der Waals surface area contributed by atoms with Gasteiger partial charge in [-0.25, -0.2) is 8.42 Å². The number of aryl methyl sites for hydroxylation is 1. The summed E-state index contributed by atoms with van der Waals surface area (Å²) in [6.45, 7) is 5.61. The predicted molar refractivity (Wildman–Crippen MR) is 115 cm³/mol. The van der Waals surface area contributed by atoms with Crippen molar-refractivity contribution >= 4 is 40.7 Å². The Bertz CT molecular complexity index is 738. The maximum Gasteiger partial charge on any atom is 0.243 e. The lowest BCUT2D eigenvalue weighted by atomic mass is 10.1. The molecule has 3 rings (SSSR count). The molecular formula is C18H30Cl2N4O3S. The van der Waals surface area contributed by atoms with E-state index in [1.54, 1.807) is 12.1 Å². The maximum absolute atomic E-state index is 12.7. The third-order valence-corrected chi connectivity index (χ3v) is 7.07. The predicted octanol–water partition coefficient (Wildman–Crippen LogP) is 1.09. The second-order valence-corrected chi connectivity index (χ2v) is 9.17. The van der Waals surface area contributed by atoms with Gasteiger partial charge in [-0.2, -0.15) is 4.31 Å². The largest absolute Gasteiger partial charge is 0.340 e. The van der Waals surface area contributed by atoms with Crippen LogP contribution in [0.4, 0.5) is 0 Å². The number of hydrogen-bond donors (Lipinski definition) is 1. The van der Waals surface area contributed by atoms with E-state index in [0.717, 1.165) is 24.9 Å². The number of halogens is 2. The van der Waals surface area contributed by atoms with E-state index in [9.17, 15) is 13.2 Å². The molecule has 1 aromatic carbocycles. The van der Waals surface area contributed by atoms with Gasteiger partial charge in [-0.1, -0.05) is 17.7 Å². The smallest absolute Gasteiger partial charge is 0.243 e. The van der Waals surface area contributed by atoms with E-state index in [4.69, 9.17) is 5.73 Å². The van der Waals surface area contributed by atoms with Crippen molar-refractivity contribution in [3.63, 3.8) is 0 Å². The monoisotopic (exact) mass is 452 g/mol. The number of rotatable bonds is 4. The molecule has 2 heterocycles. The van der Waals surface area contributed by atoms with E-state index in [1.165, 1.54) is 4.31 Å². The van der Waals surface area contributed by atoms with E-state index in [1.807, 2.05) is 28.9 Å². The molecule has 7 nitrogen and oxygen atoms in total. The highest BCUT2D eigenvalue weighted by atomic mass is 35.5. The first-order valence-corrected chi connectivity index (χ1v) is 10.6. The van der Waals surface area contributed by atoms with Crippen LogP contribution in [0, 0.1) is 6.92 Å². The third kappa shape index (κ3) is 6.05. The Kier molecular flexibility index (Phi) is 9.66. The van der Waals surface area contributed by atoms with Crippen molar-refractivity contribution in [3.05, 3.63) is 29.8 Å². The first kappa shape index (κ1) is 25.1. The van der Waals surface area contributed by atoms with Crippen molar-refractivity contribution in [1.82, 2.24) is 14.1 Å². The number of nitrogens with zero attached hydrogens (tertiary/aromatic N) is 3. The Balaban J connectivity index is 0.00000196. The Morgan fingerprint density at radius 3 is 2.25 bits per heavy atom. The number of piperazine rings is 1. The second kappa shape index (κ2) is 10.8. The fourth-order valence-corrected chi connectivity index (χ4v) is 4.94. The third-order valence-electron chi connectivity index (χ3n) is 5.16. The molecule has 2 saturated heterocycles. The molecule has 0 bridgehead atoms.